The van der Waals surface area contributed by atoms with Crippen LogP contribution in [-0.4, -0.2) is 38.2 Å². The molecule has 1 heterocycles. The van der Waals surface area contributed by atoms with Gasteiger partial charge < -0.3 is 19.1 Å². The summed E-state index contributed by atoms with van der Waals surface area (Å²) in [5, 5.41) is 0.600. The molecular formula is C27H28ClNO4. The third kappa shape index (κ3) is 4.93. The number of fused-ring (bicyclic) bond motifs is 1. The SMILES string of the molecule is CCc1ccc(OCC2c3cc(OC)c(OC)cc3CCN2C(=O)c2ccc(Cl)cc2)cc1. The topological polar surface area (TPSA) is 48.0 Å². The van der Waals surface area contributed by atoms with Crippen molar-refractivity contribution >= 4 is 17.5 Å². The fraction of sp³-hybridized carbons (Fsp3) is 0.296. The van der Waals surface area contributed by atoms with Crippen LogP contribution < -0.4 is 14.2 Å². The highest BCUT2D eigenvalue weighted by Gasteiger charge is 2.33. The third-order valence-electron chi connectivity index (χ3n) is 6.09. The molecule has 0 saturated carbocycles. The molecule has 33 heavy (non-hydrogen) atoms. The molecule has 0 saturated heterocycles. The largest absolute Gasteiger partial charge is 0.493 e. The van der Waals surface area contributed by atoms with E-state index in [0.29, 0.717) is 35.2 Å². The van der Waals surface area contributed by atoms with E-state index in [1.165, 1.54) is 5.56 Å². The second kappa shape index (κ2) is 10.2. The van der Waals surface area contributed by atoms with Crippen LogP contribution in [0.15, 0.2) is 60.7 Å². The van der Waals surface area contributed by atoms with Crippen molar-refractivity contribution in [3.05, 3.63) is 87.9 Å². The standard InChI is InChI=1S/C27H28ClNO4/c1-4-18-5-11-22(12-6-18)33-17-24-23-16-26(32-3)25(31-2)15-20(23)13-14-29(24)27(30)19-7-9-21(28)10-8-19/h5-12,15-16,24H,4,13-14,17H2,1-3H3. The lowest BCUT2D eigenvalue weighted by molar-refractivity contribution is 0.0589. The van der Waals surface area contributed by atoms with Gasteiger partial charge in [-0.05, 0) is 78.1 Å². The number of aryl methyl sites for hydroxylation is 1. The Labute approximate surface area is 199 Å². The summed E-state index contributed by atoms with van der Waals surface area (Å²) in [6.07, 6.45) is 1.69. The van der Waals surface area contributed by atoms with Crippen LogP contribution in [0.4, 0.5) is 0 Å². The van der Waals surface area contributed by atoms with Gasteiger partial charge in [-0.2, -0.15) is 0 Å². The molecule has 0 fully saturated rings. The van der Waals surface area contributed by atoms with Crippen molar-refractivity contribution in [3.8, 4) is 17.2 Å². The van der Waals surface area contributed by atoms with Gasteiger partial charge in [0.15, 0.2) is 11.5 Å². The van der Waals surface area contributed by atoms with E-state index in [1.807, 2.05) is 29.2 Å². The summed E-state index contributed by atoms with van der Waals surface area (Å²) in [6.45, 7) is 3.02. The lowest BCUT2D eigenvalue weighted by Crippen LogP contribution is -2.42. The van der Waals surface area contributed by atoms with E-state index in [-0.39, 0.29) is 11.9 Å². The number of rotatable bonds is 7. The van der Waals surface area contributed by atoms with Gasteiger partial charge in [-0.15, -0.1) is 0 Å². The zero-order chi connectivity index (χ0) is 23.4. The molecule has 6 heteroatoms. The summed E-state index contributed by atoms with van der Waals surface area (Å²) in [7, 11) is 3.24. The number of hydrogen-bond acceptors (Lipinski definition) is 4. The Balaban J connectivity index is 1.68. The Bertz CT molecular complexity index is 1110. The smallest absolute Gasteiger partial charge is 0.254 e. The summed E-state index contributed by atoms with van der Waals surface area (Å²) in [5.74, 6) is 2.04. The van der Waals surface area contributed by atoms with Crippen LogP contribution in [0.25, 0.3) is 0 Å². The first kappa shape index (κ1) is 23.0. The fourth-order valence-corrected chi connectivity index (χ4v) is 4.33. The molecule has 0 bridgehead atoms. The summed E-state index contributed by atoms with van der Waals surface area (Å²) in [4.78, 5) is 15.3. The van der Waals surface area contributed by atoms with E-state index in [1.54, 1.807) is 38.5 Å². The van der Waals surface area contributed by atoms with Crippen molar-refractivity contribution in [2.24, 2.45) is 0 Å². The van der Waals surface area contributed by atoms with Gasteiger partial charge in [-0.3, -0.25) is 4.79 Å². The molecule has 1 aliphatic rings. The Hall–Kier alpha value is -3.18. The Kier molecular flexibility index (Phi) is 7.09. The summed E-state index contributed by atoms with van der Waals surface area (Å²) < 4.78 is 17.2. The first-order valence-corrected chi connectivity index (χ1v) is 11.4. The van der Waals surface area contributed by atoms with Crippen LogP contribution in [0.1, 0.15) is 40.0 Å². The lowest BCUT2D eigenvalue weighted by Gasteiger charge is -2.37. The van der Waals surface area contributed by atoms with E-state index < -0.39 is 0 Å². The molecule has 0 aliphatic carbocycles. The van der Waals surface area contributed by atoms with Gasteiger partial charge in [-0.25, -0.2) is 0 Å². The molecule has 0 radical (unpaired) electrons. The number of carbonyl (C=O) groups is 1. The molecule has 0 N–H and O–H groups in total. The van der Waals surface area contributed by atoms with Crippen LogP contribution in [0, 0.1) is 0 Å². The van der Waals surface area contributed by atoms with Gasteiger partial charge >= 0.3 is 0 Å². The number of hydrogen-bond donors (Lipinski definition) is 0. The second-order valence-electron chi connectivity index (χ2n) is 7.99. The maximum atomic E-state index is 13.5. The number of benzene rings is 3. The molecule has 172 valence electrons. The molecule has 4 rings (SSSR count). The normalized spacial score (nSPS) is 15.0. The van der Waals surface area contributed by atoms with Gasteiger partial charge in [-0.1, -0.05) is 30.7 Å². The number of carbonyl (C=O) groups excluding carboxylic acids is 1. The first-order chi connectivity index (χ1) is 16.0. The fourth-order valence-electron chi connectivity index (χ4n) is 4.21. The van der Waals surface area contributed by atoms with Gasteiger partial charge in [0.25, 0.3) is 5.91 Å². The lowest BCUT2D eigenvalue weighted by atomic mass is 9.91. The van der Waals surface area contributed by atoms with Crippen LogP contribution in [0.2, 0.25) is 5.02 Å². The minimum Gasteiger partial charge on any atom is -0.493 e. The molecule has 1 aliphatic heterocycles. The molecular weight excluding hydrogens is 438 g/mol. The molecule has 1 atom stereocenters. The number of nitrogens with zero attached hydrogens (tertiary/aromatic N) is 1. The minimum atomic E-state index is -0.275. The van der Waals surface area contributed by atoms with Gasteiger partial charge in [0.05, 0.1) is 20.3 Å². The Morgan fingerprint density at radius 3 is 2.30 bits per heavy atom. The molecule has 0 aromatic heterocycles. The van der Waals surface area contributed by atoms with Crippen LogP contribution >= 0.6 is 11.6 Å². The van der Waals surface area contributed by atoms with Gasteiger partial charge in [0.1, 0.15) is 12.4 Å². The summed E-state index contributed by atoms with van der Waals surface area (Å²) >= 11 is 6.03. The quantitative estimate of drug-likeness (QED) is 0.446. The highest BCUT2D eigenvalue weighted by atomic mass is 35.5. The van der Waals surface area contributed by atoms with Crippen molar-refractivity contribution in [1.82, 2.24) is 4.90 Å². The maximum absolute atomic E-state index is 13.5. The Morgan fingerprint density at radius 2 is 1.67 bits per heavy atom. The third-order valence-corrected chi connectivity index (χ3v) is 6.35. The maximum Gasteiger partial charge on any atom is 0.254 e. The van der Waals surface area contributed by atoms with Crippen LogP contribution in [-0.2, 0) is 12.8 Å². The summed E-state index contributed by atoms with van der Waals surface area (Å²) in [5.41, 5.74) is 3.98. The molecule has 1 unspecified atom stereocenters. The molecule has 5 nitrogen and oxygen atoms in total. The molecule has 0 spiro atoms. The number of methoxy groups -OCH3 is 2. The van der Waals surface area contributed by atoms with Crippen molar-refractivity contribution < 1.29 is 19.0 Å². The predicted octanol–water partition coefficient (Wildman–Crippen LogP) is 5.74. The number of amides is 1. The van der Waals surface area contributed by atoms with Gasteiger partial charge in [0, 0.05) is 17.1 Å². The zero-order valence-corrected chi connectivity index (χ0v) is 19.9. The minimum absolute atomic E-state index is 0.0537. The average molecular weight is 466 g/mol. The van der Waals surface area contributed by atoms with Crippen molar-refractivity contribution in [1.29, 1.82) is 0 Å². The van der Waals surface area contributed by atoms with E-state index >= 15 is 0 Å². The highest BCUT2D eigenvalue weighted by molar-refractivity contribution is 6.30. The number of ether oxygens (including phenoxy) is 3. The molecule has 3 aromatic rings. The summed E-state index contributed by atoms with van der Waals surface area (Å²) in [6, 6.07) is 18.8. The van der Waals surface area contributed by atoms with Crippen LogP contribution in [0.3, 0.4) is 0 Å². The van der Waals surface area contributed by atoms with E-state index in [0.717, 1.165) is 29.7 Å². The van der Waals surface area contributed by atoms with Crippen molar-refractivity contribution in [2.75, 3.05) is 27.4 Å². The van der Waals surface area contributed by atoms with Crippen LogP contribution in [0.5, 0.6) is 17.2 Å². The van der Waals surface area contributed by atoms with E-state index in [4.69, 9.17) is 25.8 Å². The first-order valence-electron chi connectivity index (χ1n) is 11.1. The number of halogens is 1. The average Bonchev–Trinajstić information content (AvgIpc) is 2.86. The molecule has 3 aromatic carbocycles. The highest BCUT2D eigenvalue weighted by Crippen LogP contribution is 2.39. The monoisotopic (exact) mass is 465 g/mol. The van der Waals surface area contributed by atoms with E-state index in [2.05, 4.69) is 19.1 Å². The Morgan fingerprint density at radius 1 is 1.00 bits per heavy atom. The van der Waals surface area contributed by atoms with Crippen molar-refractivity contribution in [2.45, 2.75) is 25.8 Å². The van der Waals surface area contributed by atoms with Crippen molar-refractivity contribution in [3.63, 3.8) is 0 Å². The second-order valence-corrected chi connectivity index (χ2v) is 8.42. The zero-order valence-electron chi connectivity index (χ0n) is 19.1. The molecule has 1 amide bonds. The van der Waals surface area contributed by atoms with Gasteiger partial charge in [0.2, 0.25) is 0 Å². The van der Waals surface area contributed by atoms with E-state index in [9.17, 15) is 4.79 Å². The predicted molar refractivity (Wildman–Crippen MR) is 130 cm³/mol.